The van der Waals surface area contributed by atoms with Crippen molar-refractivity contribution in [2.45, 2.75) is 26.2 Å². The molecule has 0 aromatic heterocycles. The number of hydrogen-bond donors (Lipinski definition) is 1. The molecule has 0 unspecified atom stereocenters. The molecule has 1 heterocycles. The molecule has 0 saturated heterocycles. The molecular formula is C22H23ClN2O4S. The van der Waals surface area contributed by atoms with Gasteiger partial charge in [-0.1, -0.05) is 61.1 Å². The predicted molar refractivity (Wildman–Crippen MR) is 118 cm³/mol. The van der Waals surface area contributed by atoms with Gasteiger partial charge in [-0.25, -0.2) is 4.79 Å². The third-order valence-electron chi connectivity index (χ3n) is 4.22. The maximum absolute atomic E-state index is 12.8. The van der Waals surface area contributed by atoms with Crippen LogP contribution in [0.1, 0.15) is 31.7 Å². The number of dihydropyridines is 1. The van der Waals surface area contributed by atoms with Gasteiger partial charge in [-0.05, 0) is 25.0 Å². The monoisotopic (exact) mass is 446 g/mol. The number of carbonyl (C=O) groups excluding carboxylic acids is 2. The first kappa shape index (κ1) is 23.6. The van der Waals surface area contributed by atoms with Crippen molar-refractivity contribution in [2.75, 3.05) is 19.0 Å². The quantitative estimate of drug-likeness (QED) is 0.442. The molecule has 0 saturated carbocycles. The number of nitrogens with one attached hydrogen (secondary N) is 1. The molecule has 0 amide bonds. The number of ether oxygens (including phenoxy) is 2. The Morgan fingerprint density at radius 2 is 2.10 bits per heavy atom. The summed E-state index contributed by atoms with van der Waals surface area (Å²) in [7, 11) is 0. The normalized spacial score (nSPS) is 15.9. The lowest BCUT2D eigenvalue weighted by molar-refractivity contribution is -0.140. The summed E-state index contributed by atoms with van der Waals surface area (Å²) in [6.07, 6.45) is 2.20. The maximum Gasteiger partial charge on any atom is 0.337 e. The maximum atomic E-state index is 12.8. The van der Waals surface area contributed by atoms with E-state index in [0.29, 0.717) is 33.5 Å². The lowest BCUT2D eigenvalue weighted by Gasteiger charge is -2.29. The van der Waals surface area contributed by atoms with E-state index < -0.39 is 11.9 Å². The van der Waals surface area contributed by atoms with Crippen LogP contribution in [0.5, 0.6) is 0 Å². The molecule has 0 aliphatic carbocycles. The molecule has 0 bridgehead atoms. The lowest BCUT2D eigenvalue weighted by atomic mass is 9.82. The summed E-state index contributed by atoms with van der Waals surface area (Å²) in [6.45, 7) is 7.57. The van der Waals surface area contributed by atoms with Gasteiger partial charge in [-0.3, -0.25) is 4.79 Å². The van der Waals surface area contributed by atoms with Gasteiger partial charge in [0.1, 0.15) is 6.61 Å². The summed E-state index contributed by atoms with van der Waals surface area (Å²) in [4.78, 5) is 24.7. The molecule has 6 nitrogen and oxygen atoms in total. The topological polar surface area (TPSA) is 88.4 Å². The molecule has 0 radical (unpaired) electrons. The highest BCUT2D eigenvalue weighted by molar-refractivity contribution is 8.03. The van der Waals surface area contributed by atoms with Gasteiger partial charge < -0.3 is 14.8 Å². The number of nitriles is 1. The summed E-state index contributed by atoms with van der Waals surface area (Å²) >= 11 is 7.56. The fourth-order valence-corrected chi connectivity index (χ4v) is 4.05. The number of thioether (sulfide) groups is 1. The molecule has 1 aliphatic rings. The molecule has 30 heavy (non-hydrogen) atoms. The molecule has 1 N–H and O–H groups in total. The lowest BCUT2D eigenvalue weighted by Crippen LogP contribution is -2.29. The number of hydrogen-bond acceptors (Lipinski definition) is 7. The van der Waals surface area contributed by atoms with Crippen molar-refractivity contribution in [1.29, 1.82) is 5.26 Å². The Bertz CT molecular complexity index is 933. The summed E-state index contributed by atoms with van der Waals surface area (Å²) < 4.78 is 10.4. The van der Waals surface area contributed by atoms with E-state index in [0.717, 1.165) is 18.2 Å². The Morgan fingerprint density at radius 3 is 2.73 bits per heavy atom. The zero-order chi connectivity index (χ0) is 22.1. The third-order valence-corrected chi connectivity index (χ3v) is 5.55. The zero-order valence-corrected chi connectivity index (χ0v) is 18.4. The molecule has 1 aromatic carbocycles. The minimum Gasteiger partial charge on any atom is -0.465 e. The second-order valence-corrected chi connectivity index (χ2v) is 7.76. The molecule has 2 rings (SSSR count). The van der Waals surface area contributed by atoms with Gasteiger partial charge in [0, 0.05) is 10.7 Å². The van der Waals surface area contributed by atoms with Crippen molar-refractivity contribution >= 4 is 35.3 Å². The Labute approximate surface area is 185 Å². The van der Waals surface area contributed by atoms with Crippen molar-refractivity contribution < 1.29 is 19.1 Å². The van der Waals surface area contributed by atoms with Crippen molar-refractivity contribution in [3.05, 3.63) is 69.4 Å². The highest BCUT2D eigenvalue weighted by Gasteiger charge is 2.36. The van der Waals surface area contributed by atoms with Crippen LogP contribution >= 0.6 is 23.4 Å². The van der Waals surface area contributed by atoms with Crippen molar-refractivity contribution in [2.24, 2.45) is 0 Å². The van der Waals surface area contributed by atoms with Gasteiger partial charge in [0.25, 0.3) is 0 Å². The van der Waals surface area contributed by atoms with Crippen molar-refractivity contribution in [3.8, 4) is 6.07 Å². The van der Waals surface area contributed by atoms with Crippen LogP contribution in [0.3, 0.4) is 0 Å². The SMILES string of the molecule is C=CCOC(=O)C1=C(C)NC(SCC(=O)OCCC)=C(C#N)[C@H]1c1ccccc1Cl. The first-order valence-electron chi connectivity index (χ1n) is 9.37. The van der Waals surface area contributed by atoms with Gasteiger partial charge in [0.05, 0.1) is 40.5 Å². The second-order valence-electron chi connectivity index (χ2n) is 6.37. The first-order chi connectivity index (χ1) is 14.4. The second kappa shape index (κ2) is 11.5. The van der Waals surface area contributed by atoms with Gasteiger partial charge in [0.2, 0.25) is 0 Å². The Morgan fingerprint density at radius 1 is 1.37 bits per heavy atom. The third kappa shape index (κ3) is 5.68. The summed E-state index contributed by atoms with van der Waals surface area (Å²) in [6, 6.07) is 9.21. The van der Waals surface area contributed by atoms with Crippen LogP contribution in [0.4, 0.5) is 0 Å². The number of benzene rings is 1. The van der Waals surface area contributed by atoms with Crippen LogP contribution in [-0.4, -0.2) is 30.9 Å². The smallest absolute Gasteiger partial charge is 0.337 e. The minimum atomic E-state index is -0.726. The molecule has 0 fully saturated rings. The summed E-state index contributed by atoms with van der Waals surface area (Å²) in [5.74, 6) is -1.63. The summed E-state index contributed by atoms with van der Waals surface area (Å²) in [5, 5.41) is 13.9. The number of rotatable bonds is 9. The average molecular weight is 447 g/mol. The van der Waals surface area contributed by atoms with Crippen LogP contribution in [-0.2, 0) is 19.1 Å². The van der Waals surface area contributed by atoms with E-state index in [1.54, 1.807) is 31.2 Å². The number of nitrogens with zero attached hydrogens (tertiary/aromatic N) is 1. The fourth-order valence-electron chi connectivity index (χ4n) is 2.92. The minimum absolute atomic E-state index is 0.0340. The highest BCUT2D eigenvalue weighted by Crippen LogP contribution is 2.43. The molecule has 158 valence electrons. The molecule has 0 spiro atoms. The van der Waals surface area contributed by atoms with Crippen LogP contribution in [0.15, 0.2) is 58.8 Å². The molecule has 1 aromatic rings. The van der Waals surface area contributed by atoms with E-state index in [2.05, 4.69) is 18.0 Å². The zero-order valence-electron chi connectivity index (χ0n) is 16.9. The molecule has 8 heteroatoms. The Balaban J connectivity index is 2.46. The molecule has 1 aliphatic heterocycles. The van der Waals surface area contributed by atoms with E-state index in [-0.39, 0.29) is 23.9 Å². The molecular weight excluding hydrogens is 424 g/mol. The van der Waals surface area contributed by atoms with Crippen LogP contribution in [0.25, 0.3) is 0 Å². The van der Waals surface area contributed by atoms with E-state index in [1.165, 1.54) is 6.08 Å². The van der Waals surface area contributed by atoms with Crippen molar-refractivity contribution in [3.63, 3.8) is 0 Å². The van der Waals surface area contributed by atoms with E-state index in [4.69, 9.17) is 21.1 Å². The Kier molecular flexibility index (Phi) is 9.03. The number of allylic oxidation sites excluding steroid dienone is 2. The van der Waals surface area contributed by atoms with Gasteiger partial charge in [-0.2, -0.15) is 5.26 Å². The fraction of sp³-hybridized carbons (Fsp3) is 0.318. The number of halogens is 1. The van der Waals surface area contributed by atoms with Gasteiger partial charge in [0.15, 0.2) is 0 Å². The van der Waals surface area contributed by atoms with E-state index in [1.807, 2.05) is 6.92 Å². The van der Waals surface area contributed by atoms with Gasteiger partial charge >= 0.3 is 11.9 Å². The van der Waals surface area contributed by atoms with Gasteiger partial charge in [-0.15, -0.1) is 0 Å². The van der Waals surface area contributed by atoms with Crippen molar-refractivity contribution in [1.82, 2.24) is 5.32 Å². The number of esters is 2. The summed E-state index contributed by atoms with van der Waals surface area (Å²) in [5.41, 5.74) is 1.71. The van der Waals surface area contributed by atoms with Crippen LogP contribution in [0, 0.1) is 11.3 Å². The van der Waals surface area contributed by atoms with Crippen LogP contribution < -0.4 is 5.32 Å². The van der Waals surface area contributed by atoms with Crippen LogP contribution in [0.2, 0.25) is 5.02 Å². The molecule has 1 atom stereocenters. The van der Waals surface area contributed by atoms with E-state index in [9.17, 15) is 14.9 Å². The first-order valence-corrected chi connectivity index (χ1v) is 10.7. The highest BCUT2D eigenvalue weighted by atomic mass is 35.5. The predicted octanol–water partition coefficient (Wildman–Crippen LogP) is 4.45. The standard InChI is InChI=1S/C22H23ClN2O4S/c1-4-10-28-18(26)13-30-21-16(12-24)20(15-8-6-7-9-17(15)23)19(14(3)25-21)22(27)29-11-5-2/h5-9,20,25H,2,4,10-11,13H2,1,3H3/t20-/m1/s1. The largest absolute Gasteiger partial charge is 0.465 e. The Hall–Kier alpha value is -2.69. The average Bonchev–Trinajstić information content (AvgIpc) is 2.74. The van der Waals surface area contributed by atoms with E-state index >= 15 is 0 Å². The number of carbonyl (C=O) groups is 2.